The van der Waals surface area contributed by atoms with Gasteiger partial charge in [0.2, 0.25) is 0 Å². The summed E-state index contributed by atoms with van der Waals surface area (Å²) in [5.41, 5.74) is 5.02. The highest BCUT2D eigenvalue weighted by Crippen LogP contribution is 2.37. The van der Waals surface area contributed by atoms with Crippen molar-refractivity contribution in [3.8, 4) is 11.4 Å². The van der Waals surface area contributed by atoms with E-state index >= 15 is 4.39 Å². The van der Waals surface area contributed by atoms with Crippen molar-refractivity contribution in [3.05, 3.63) is 89.0 Å². The second-order valence-corrected chi connectivity index (χ2v) is 8.39. The summed E-state index contributed by atoms with van der Waals surface area (Å²) < 4.78 is 28.0. The van der Waals surface area contributed by atoms with Crippen LogP contribution in [0.1, 0.15) is 34.9 Å². The van der Waals surface area contributed by atoms with E-state index in [1.54, 1.807) is 6.07 Å². The molecule has 2 heterocycles. The van der Waals surface area contributed by atoms with Gasteiger partial charge >= 0.3 is 5.97 Å². The van der Waals surface area contributed by atoms with Crippen LogP contribution in [-0.2, 0) is 22.4 Å². The Morgan fingerprint density at radius 2 is 2.00 bits per heavy atom. The summed E-state index contributed by atoms with van der Waals surface area (Å²) in [5, 5.41) is 0. The number of esters is 1. The van der Waals surface area contributed by atoms with Crippen LogP contribution in [0.2, 0.25) is 0 Å². The van der Waals surface area contributed by atoms with Gasteiger partial charge in [0.15, 0.2) is 0 Å². The van der Waals surface area contributed by atoms with E-state index in [2.05, 4.69) is 4.98 Å². The van der Waals surface area contributed by atoms with Gasteiger partial charge in [-0.2, -0.15) is 0 Å². The van der Waals surface area contributed by atoms with Crippen molar-refractivity contribution in [3.63, 3.8) is 0 Å². The van der Waals surface area contributed by atoms with E-state index in [-0.39, 0.29) is 17.7 Å². The quantitative estimate of drug-likeness (QED) is 0.379. The van der Waals surface area contributed by atoms with Crippen LogP contribution in [-0.4, -0.2) is 29.2 Å². The lowest BCUT2D eigenvalue weighted by molar-refractivity contribution is -0.141. The fourth-order valence-corrected chi connectivity index (χ4v) is 4.59. The number of aryl methyl sites for hydroxylation is 3. The van der Waals surface area contributed by atoms with Gasteiger partial charge in [0, 0.05) is 11.5 Å². The van der Waals surface area contributed by atoms with Crippen molar-refractivity contribution in [1.29, 1.82) is 0 Å². The lowest BCUT2D eigenvalue weighted by atomic mass is 9.95. The molecule has 0 aliphatic carbocycles. The second kappa shape index (κ2) is 8.70. The molecule has 0 unspecified atom stereocenters. The van der Waals surface area contributed by atoms with Crippen LogP contribution >= 0.6 is 0 Å². The highest BCUT2D eigenvalue weighted by molar-refractivity contribution is 5.78. The van der Waals surface area contributed by atoms with Crippen molar-refractivity contribution in [2.75, 3.05) is 13.7 Å². The number of carbonyl (C=O) groups excluding carboxylic acids is 1. The number of hydrogen-bond acceptors (Lipinski definition) is 4. The van der Waals surface area contributed by atoms with Crippen LogP contribution in [0.15, 0.2) is 60.7 Å². The van der Waals surface area contributed by atoms with E-state index < -0.39 is 0 Å². The number of ether oxygens (including phenoxy) is 2. The average Bonchev–Trinajstić information content (AvgIpc) is 3.38. The van der Waals surface area contributed by atoms with Gasteiger partial charge in [0.25, 0.3) is 0 Å². The number of hydrogen-bond donors (Lipinski definition) is 0. The number of halogens is 1. The third-order valence-electron chi connectivity index (χ3n) is 6.31. The van der Waals surface area contributed by atoms with Crippen molar-refractivity contribution >= 4 is 17.0 Å². The number of imidazole rings is 1. The molecule has 0 saturated carbocycles. The second-order valence-electron chi connectivity index (χ2n) is 8.39. The molecule has 0 amide bonds. The van der Waals surface area contributed by atoms with E-state index in [0.29, 0.717) is 37.1 Å². The molecule has 1 atom stereocenters. The summed E-state index contributed by atoms with van der Waals surface area (Å²) in [7, 11) is 1.40. The average molecular weight is 445 g/mol. The predicted octanol–water partition coefficient (Wildman–Crippen LogP) is 5.30. The lowest BCUT2D eigenvalue weighted by Crippen LogP contribution is -2.09. The Morgan fingerprint density at radius 1 is 1.15 bits per heavy atom. The fourth-order valence-electron chi connectivity index (χ4n) is 4.59. The summed E-state index contributed by atoms with van der Waals surface area (Å²) >= 11 is 0. The Kier molecular flexibility index (Phi) is 5.58. The van der Waals surface area contributed by atoms with Gasteiger partial charge in [0.05, 0.1) is 36.9 Å². The predicted molar refractivity (Wildman–Crippen MR) is 124 cm³/mol. The highest BCUT2D eigenvalue weighted by atomic mass is 19.1. The van der Waals surface area contributed by atoms with Crippen LogP contribution in [0, 0.1) is 12.7 Å². The summed E-state index contributed by atoms with van der Waals surface area (Å²) in [6, 6.07) is 19.3. The normalized spacial score (nSPS) is 14.8. The summed E-state index contributed by atoms with van der Waals surface area (Å²) in [6.45, 7) is 2.37. The molecule has 6 heteroatoms. The van der Waals surface area contributed by atoms with Crippen LogP contribution in [0.25, 0.3) is 16.7 Å². The third-order valence-corrected chi connectivity index (χ3v) is 6.31. The zero-order valence-electron chi connectivity index (χ0n) is 18.7. The molecule has 1 aliphatic heterocycles. The van der Waals surface area contributed by atoms with Gasteiger partial charge in [-0.25, -0.2) is 9.37 Å². The molecule has 0 fully saturated rings. The minimum absolute atomic E-state index is 0.0175. The van der Waals surface area contributed by atoms with Gasteiger partial charge in [-0.05, 0) is 55.2 Å². The zero-order valence-corrected chi connectivity index (χ0v) is 18.7. The molecule has 5 rings (SSSR count). The number of benzene rings is 3. The monoisotopic (exact) mass is 444 g/mol. The molecule has 0 bridgehead atoms. The maximum absolute atomic E-state index is 15.6. The Hall–Kier alpha value is -3.67. The molecular formula is C27H25FN2O3. The van der Waals surface area contributed by atoms with Gasteiger partial charge in [-0.15, -0.1) is 0 Å². The standard InChI is InChI=1S/C27H25FN2O3/c1-17-29-22-7-3-4-8-23(22)30(17)24-9-5-6-19(27(24)28)12-10-18-11-13-21-20(15-26(31)32-2)16-33-25(21)14-18/h3-9,11,13-14,20H,10,12,15-16H2,1-2H3/t20-/m1/s1. The van der Waals surface area contributed by atoms with E-state index in [1.807, 2.05) is 66.1 Å². The van der Waals surface area contributed by atoms with E-state index in [1.165, 1.54) is 7.11 Å². The Labute approximate surface area is 191 Å². The van der Waals surface area contributed by atoms with Gasteiger partial charge < -0.3 is 9.47 Å². The smallest absolute Gasteiger partial charge is 0.306 e. The van der Waals surface area contributed by atoms with Crippen molar-refractivity contribution in [2.45, 2.75) is 32.1 Å². The van der Waals surface area contributed by atoms with Gasteiger partial charge in [0.1, 0.15) is 17.4 Å². The van der Waals surface area contributed by atoms with Crippen LogP contribution < -0.4 is 4.74 Å². The van der Waals surface area contributed by atoms with Crippen LogP contribution in [0.5, 0.6) is 5.75 Å². The summed E-state index contributed by atoms with van der Waals surface area (Å²) in [6.07, 6.45) is 1.56. The first-order valence-corrected chi connectivity index (χ1v) is 11.1. The molecule has 3 aromatic carbocycles. The van der Waals surface area contributed by atoms with Crippen molar-refractivity contribution in [2.24, 2.45) is 0 Å². The first-order chi connectivity index (χ1) is 16.0. The molecule has 1 aliphatic rings. The minimum Gasteiger partial charge on any atom is -0.493 e. The molecule has 0 spiro atoms. The van der Waals surface area contributed by atoms with E-state index in [9.17, 15) is 4.79 Å². The van der Waals surface area contributed by atoms with E-state index in [4.69, 9.17) is 9.47 Å². The first-order valence-electron chi connectivity index (χ1n) is 11.1. The number of nitrogens with zero attached hydrogens (tertiary/aromatic N) is 2. The molecule has 1 aromatic heterocycles. The minimum atomic E-state index is -0.239. The third kappa shape index (κ3) is 3.97. The van der Waals surface area contributed by atoms with Crippen LogP contribution in [0.3, 0.4) is 0 Å². The molecule has 4 aromatic rings. The Morgan fingerprint density at radius 3 is 2.85 bits per heavy atom. The zero-order chi connectivity index (χ0) is 22.9. The molecule has 5 nitrogen and oxygen atoms in total. The molecule has 33 heavy (non-hydrogen) atoms. The van der Waals surface area contributed by atoms with Gasteiger partial charge in [-0.1, -0.05) is 36.4 Å². The molecule has 0 saturated heterocycles. The molecular weight excluding hydrogens is 419 g/mol. The lowest BCUT2D eigenvalue weighted by Gasteiger charge is -2.12. The SMILES string of the molecule is COC(=O)C[C@@H]1COc2cc(CCc3cccc(-n4c(C)nc5ccccc54)c3F)ccc21. The topological polar surface area (TPSA) is 53.4 Å². The largest absolute Gasteiger partial charge is 0.493 e. The molecule has 0 N–H and O–H groups in total. The first kappa shape index (κ1) is 21.2. The highest BCUT2D eigenvalue weighted by Gasteiger charge is 2.27. The maximum atomic E-state index is 15.6. The number of aromatic nitrogens is 2. The number of carbonyl (C=O) groups is 1. The van der Waals surface area contributed by atoms with Gasteiger partial charge in [-0.3, -0.25) is 9.36 Å². The number of rotatable bonds is 6. The molecule has 168 valence electrons. The Bertz CT molecular complexity index is 1340. The number of fused-ring (bicyclic) bond motifs is 2. The Balaban J connectivity index is 1.36. The summed E-state index contributed by atoms with van der Waals surface area (Å²) in [4.78, 5) is 16.2. The maximum Gasteiger partial charge on any atom is 0.306 e. The number of para-hydroxylation sites is 2. The van der Waals surface area contributed by atoms with E-state index in [0.717, 1.165) is 33.7 Å². The molecule has 0 radical (unpaired) electrons. The van der Waals surface area contributed by atoms with Crippen LogP contribution in [0.4, 0.5) is 4.39 Å². The fraction of sp³-hybridized carbons (Fsp3) is 0.259. The van der Waals surface area contributed by atoms with Crippen molar-refractivity contribution in [1.82, 2.24) is 9.55 Å². The number of methoxy groups -OCH3 is 1. The van der Waals surface area contributed by atoms with Crippen molar-refractivity contribution < 1.29 is 18.7 Å². The summed E-state index contributed by atoms with van der Waals surface area (Å²) in [5.74, 6) is 1.11.